The molecule has 88 valence electrons. The number of allylic oxidation sites excluding steroid dienone is 1. The van der Waals surface area contributed by atoms with E-state index in [4.69, 9.17) is 0 Å². The summed E-state index contributed by atoms with van der Waals surface area (Å²) in [5.41, 5.74) is 0. The van der Waals surface area contributed by atoms with Crippen molar-refractivity contribution in [3.05, 3.63) is 12.7 Å². The first-order chi connectivity index (χ1) is 7.16. The number of hydrogen-bond acceptors (Lipinski definition) is 2. The zero-order valence-corrected chi connectivity index (χ0v) is 10.1. The van der Waals surface area contributed by atoms with Crippen LogP contribution >= 0.6 is 0 Å². The predicted octanol–water partition coefficient (Wildman–Crippen LogP) is 2.15. The second-order valence-electron chi connectivity index (χ2n) is 4.08. The van der Waals surface area contributed by atoms with Crippen molar-refractivity contribution < 1.29 is 4.79 Å². The maximum absolute atomic E-state index is 11.3. The number of carbonyl (C=O) groups is 1. The van der Waals surface area contributed by atoms with Crippen LogP contribution in [-0.4, -0.2) is 31.6 Å². The quantitative estimate of drug-likeness (QED) is 0.361. The molecule has 3 nitrogen and oxygen atoms in total. The van der Waals surface area contributed by atoms with Gasteiger partial charge < -0.3 is 5.32 Å². The fraction of sp³-hybridized carbons (Fsp3) is 0.750. The van der Waals surface area contributed by atoms with E-state index in [9.17, 15) is 4.79 Å². The summed E-state index contributed by atoms with van der Waals surface area (Å²) in [6, 6.07) is 0. The molecule has 0 aliphatic rings. The molecule has 0 radical (unpaired) electrons. The van der Waals surface area contributed by atoms with Gasteiger partial charge in [-0.3, -0.25) is 9.69 Å². The summed E-state index contributed by atoms with van der Waals surface area (Å²) in [5, 5.41) is 2.85. The van der Waals surface area contributed by atoms with E-state index < -0.39 is 0 Å². The fourth-order valence-corrected chi connectivity index (χ4v) is 1.26. The molecule has 3 heteroatoms. The SMILES string of the molecule is C=CCCCCCCC(=O)NCN(C)C. The van der Waals surface area contributed by atoms with E-state index in [0.717, 1.165) is 19.3 Å². The van der Waals surface area contributed by atoms with Crippen LogP contribution in [0.4, 0.5) is 0 Å². The maximum Gasteiger partial charge on any atom is 0.220 e. The minimum atomic E-state index is 0.160. The summed E-state index contributed by atoms with van der Waals surface area (Å²) in [7, 11) is 3.88. The molecule has 0 bridgehead atoms. The van der Waals surface area contributed by atoms with Crippen molar-refractivity contribution in [2.24, 2.45) is 0 Å². The first kappa shape index (κ1) is 14.2. The lowest BCUT2D eigenvalue weighted by Crippen LogP contribution is -2.32. The first-order valence-electron chi connectivity index (χ1n) is 5.69. The van der Waals surface area contributed by atoms with E-state index in [0.29, 0.717) is 13.1 Å². The van der Waals surface area contributed by atoms with Crippen LogP contribution in [0.1, 0.15) is 38.5 Å². The van der Waals surface area contributed by atoms with Gasteiger partial charge in [0, 0.05) is 6.42 Å². The van der Waals surface area contributed by atoms with Gasteiger partial charge in [-0.25, -0.2) is 0 Å². The Morgan fingerprint density at radius 1 is 1.27 bits per heavy atom. The van der Waals surface area contributed by atoms with E-state index >= 15 is 0 Å². The van der Waals surface area contributed by atoms with Crippen LogP contribution in [0.5, 0.6) is 0 Å². The molecule has 0 spiro atoms. The van der Waals surface area contributed by atoms with Crippen LogP contribution in [0, 0.1) is 0 Å². The molecule has 1 N–H and O–H groups in total. The summed E-state index contributed by atoms with van der Waals surface area (Å²) in [4.78, 5) is 13.2. The molecule has 0 aromatic heterocycles. The van der Waals surface area contributed by atoms with Crippen molar-refractivity contribution >= 4 is 5.91 Å². The van der Waals surface area contributed by atoms with Gasteiger partial charge in [-0.05, 0) is 33.4 Å². The van der Waals surface area contributed by atoms with Gasteiger partial charge in [0.2, 0.25) is 5.91 Å². The molecule has 1 amide bonds. The third-order valence-electron chi connectivity index (χ3n) is 2.15. The predicted molar refractivity (Wildman–Crippen MR) is 64.6 cm³/mol. The third kappa shape index (κ3) is 11.1. The van der Waals surface area contributed by atoms with Gasteiger partial charge in [-0.1, -0.05) is 18.9 Å². The number of amides is 1. The van der Waals surface area contributed by atoms with Crippen LogP contribution < -0.4 is 5.32 Å². The number of carbonyl (C=O) groups excluding carboxylic acids is 1. The van der Waals surface area contributed by atoms with Gasteiger partial charge in [0.25, 0.3) is 0 Å². The molecule has 0 aliphatic carbocycles. The minimum Gasteiger partial charge on any atom is -0.343 e. The van der Waals surface area contributed by atoms with Crippen molar-refractivity contribution in [3.8, 4) is 0 Å². The van der Waals surface area contributed by atoms with Gasteiger partial charge in [-0.2, -0.15) is 0 Å². The van der Waals surface area contributed by atoms with Gasteiger partial charge in [0.1, 0.15) is 0 Å². The van der Waals surface area contributed by atoms with Crippen LogP contribution in [0.2, 0.25) is 0 Å². The number of rotatable bonds is 9. The zero-order valence-electron chi connectivity index (χ0n) is 10.1. The number of unbranched alkanes of at least 4 members (excludes halogenated alkanes) is 4. The van der Waals surface area contributed by atoms with Crippen molar-refractivity contribution in [1.29, 1.82) is 0 Å². The molecule has 0 heterocycles. The molecule has 0 unspecified atom stereocenters. The Bertz CT molecular complexity index is 178. The molecule has 15 heavy (non-hydrogen) atoms. The molecule has 0 saturated carbocycles. The number of nitrogens with zero attached hydrogens (tertiary/aromatic N) is 1. The Morgan fingerprint density at radius 2 is 1.93 bits per heavy atom. The summed E-state index contributed by atoms with van der Waals surface area (Å²) in [6.45, 7) is 4.31. The standard InChI is InChI=1S/C12H24N2O/c1-4-5-6-7-8-9-10-12(15)13-11-14(2)3/h4H,1,5-11H2,2-3H3,(H,13,15). The summed E-state index contributed by atoms with van der Waals surface area (Å²) in [6.07, 6.45) is 8.23. The average molecular weight is 212 g/mol. The topological polar surface area (TPSA) is 32.3 Å². The van der Waals surface area contributed by atoms with Crippen LogP contribution in [0.15, 0.2) is 12.7 Å². The lowest BCUT2D eigenvalue weighted by molar-refractivity contribution is -0.121. The van der Waals surface area contributed by atoms with Crippen LogP contribution in [0.25, 0.3) is 0 Å². The second-order valence-corrected chi connectivity index (χ2v) is 4.08. The van der Waals surface area contributed by atoms with E-state index in [2.05, 4.69) is 11.9 Å². The Morgan fingerprint density at radius 3 is 2.53 bits per heavy atom. The second kappa shape index (κ2) is 9.71. The Hall–Kier alpha value is -0.830. The molecular formula is C12H24N2O. The molecule has 0 aliphatic heterocycles. The number of nitrogens with one attached hydrogen (secondary N) is 1. The van der Waals surface area contributed by atoms with E-state index in [1.165, 1.54) is 12.8 Å². The largest absolute Gasteiger partial charge is 0.343 e. The Balaban J connectivity index is 3.20. The molecular weight excluding hydrogens is 188 g/mol. The Kier molecular flexibility index (Phi) is 9.18. The third-order valence-corrected chi connectivity index (χ3v) is 2.15. The van der Waals surface area contributed by atoms with E-state index in [1.54, 1.807) is 0 Å². The molecule has 0 rings (SSSR count). The zero-order chi connectivity index (χ0) is 11.5. The molecule has 0 aromatic rings. The van der Waals surface area contributed by atoms with Crippen molar-refractivity contribution in [1.82, 2.24) is 10.2 Å². The van der Waals surface area contributed by atoms with Gasteiger partial charge in [0.05, 0.1) is 6.67 Å². The highest BCUT2D eigenvalue weighted by molar-refractivity contribution is 5.75. The highest BCUT2D eigenvalue weighted by atomic mass is 16.1. The van der Waals surface area contributed by atoms with Gasteiger partial charge in [-0.15, -0.1) is 6.58 Å². The molecule has 0 fully saturated rings. The monoisotopic (exact) mass is 212 g/mol. The lowest BCUT2D eigenvalue weighted by Gasteiger charge is -2.10. The van der Waals surface area contributed by atoms with Crippen molar-refractivity contribution in [2.45, 2.75) is 38.5 Å². The summed E-state index contributed by atoms with van der Waals surface area (Å²) in [5.74, 6) is 0.160. The average Bonchev–Trinajstić information content (AvgIpc) is 2.20. The highest BCUT2D eigenvalue weighted by Crippen LogP contribution is 2.05. The molecule has 0 atom stereocenters. The minimum absolute atomic E-state index is 0.160. The summed E-state index contributed by atoms with van der Waals surface area (Å²) >= 11 is 0. The fourth-order valence-electron chi connectivity index (χ4n) is 1.26. The summed E-state index contributed by atoms with van der Waals surface area (Å²) < 4.78 is 0. The first-order valence-corrected chi connectivity index (χ1v) is 5.69. The highest BCUT2D eigenvalue weighted by Gasteiger charge is 2.00. The van der Waals surface area contributed by atoms with Gasteiger partial charge in [0.15, 0.2) is 0 Å². The number of hydrogen-bond donors (Lipinski definition) is 1. The Labute approximate surface area is 93.5 Å². The van der Waals surface area contributed by atoms with Crippen LogP contribution in [0.3, 0.4) is 0 Å². The molecule has 0 saturated heterocycles. The van der Waals surface area contributed by atoms with E-state index in [1.807, 2.05) is 25.1 Å². The lowest BCUT2D eigenvalue weighted by atomic mass is 10.1. The molecule has 0 aromatic carbocycles. The smallest absolute Gasteiger partial charge is 0.220 e. The van der Waals surface area contributed by atoms with E-state index in [-0.39, 0.29) is 5.91 Å². The van der Waals surface area contributed by atoms with Crippen LogP contribution in [-0.2, 0) is 4.79 Å². The van der Waals surface area contributed by atoms with Crippen molar-refractivity contribution in [2.75, 3.05) is 20.8 Å². The van der Waals surface area contributed by atoms with Gasteiger partial charge >= 0.3 is 0 Å². The maximum atomic E-state index is 11.3. The normalized spacial score (nSPS) is 10.3. The van der Waals surface area contributed by atoms with Crippen molar-refractivity contribution in [3.63, 3.8) is 0 Å².